The minimum absolute atomic E-state index is 0.139. The fourth-order valence-electron chi connectivity index (χ4n) is 4.99. The number of nitrogens with zero attached hydrogens (tertiary/aromatic N) is 7. The van der Waals surface area contributed by atoms with E-state index in [9.17, 15) is 4.79 Å². The van der Waals surface area contributed by atoms with Crippen molar-refractivity contribution < 1.29 is 28.3 Å². The number of hydrazine groups is 1. The summed E-state index contributed by atoms with van der Waals surface area (Å²) in [7, 11) is 0. The van der Waals surface area contributed by atoms with Gasteiger partial charge in [0.25, 0.3) is 5.91 Å². The molecule has 1 atom stereocenters. The summed E-state index contributed by atoms with van der Waals surface area (Å²) in [4.78, 5) is 17.0. The van der Waals surface area contributed by atoms with Crippen molar-refractivity contribution in [1.29, 1.82) is 0 Å². The summed E-state index contributed by atoms with van der Waals surface area (Å²) in [6.45, 7) is 3.55. The number of morpholine rings is 1. The minimum atomic E-state index is -0.234. The second kappa shape index (κ2) is 12.4. The highest BCUT2D eigenvalue weighted by atomic mass is 16.7. The van der Waals surface area contributed by atoms with E-state index in [0.717, 1.165) is 30.0 Å². The van der Waals surface area contributed by atoms with E-state index in [2.05, 4.69) is 25.8 Å². The van der Waals surface area contributed by atoms with Crippen molar-refractivity contribution in [3.05, 3.63) is 65.7 Å². The van der Waals surface area contributed by atoms with E-state index >= 15 is 0 Å². The Morgan fingerprint density at radius 2 is 1.91 bits per heavy atom. The molecule has 43 heavy (non-hydrogen) atoms. The lowest BCUT2D eigenvalue weighted by molar-refractivity contribution is -0.171. The van der Waals surface area contributed by atoms with Gasteiger partial charge in [0.15, 0.2) is 23.4 Å². The van der Waals surface area contributed by atoms with Crippen LogP contribution in [0.25, 0.3) is 27.9 Å². The largest absolute Gasteiger partial charge is 0.470 e. The zero-order valence-corrected chi connectivity index (χ0v) is 23.3. The van der Waals surface area contributed by atoms with Crippen LogP contribution >= 0.6 is 0 Å². The minimum Gasteiger partial charge on any atom is -0.470 e. The van der Waals surface area contributed by atoms with Crippen LogP contribution in [0.4, 0.5) is 0 Å². The van der Waals surface area contributed by atoms with Crippen molar-refractivity contribution in [3.8, 4) is 17.4 Å². The lowest BCUT2D eigenvalue weighted by Crippen LogP contribution is -2.48. The molecule has 2 fully saturated rings. The van der Waals surface area contributed by atoms with Crippen molar-refractivity contribution in [2.75, 3.05) is 32.9 Å². The molecule has 1 N–H and O–H groups in total. The smallest absolute Gasteiger partial charge is 0.267 e. The number of benzene rings is 1. The first kappa shape index (κ1) is 27.3. The van der Waals surface area contributed by atoms with E-state index in [1.807, 2.05) is 29.3 Å². The molecule has 222 valence electrons. The molecule has 0 spiro atoms. The highest BCUT2D eigenvalue weighted by molar-refractivity contribution is 5.97. The fourth-order valence-corrected chi connectivity index (χ4v) is 4.99. The fraction of sp³-hybridized carbons (Fsp3) is 0.379. The molecule has 14 heteroatoms. The molecule has 0 bridgehead atoms. The van der Waals surface area contributed by atoms with E-state index in [-0.39, 0.29) is 25.4 Å². The zero-order chi connectivity index (χ0) is 29.0. The van der Waals surface area contributed by atoms with Gasteiger partial charge in [-0.25, -0.2) is 5.01 Å². The van der Waals surface area contributed by atoms with Crippen LogP contribution in [0.15, 0.2) is 53.2 Å². The molecular weight excluding hydrogens is 556 g/mol. The number of amides is 1. The first-order valence-electron chi connectivity index (χ1n) is 14.3. The van der Waals surface area contributed by atoms with Gasteiger partial charge < -0.3 is 23.5 Å². The lowest BCUT2D eigenvalue weighted by atomic mass is 10.2. The molecule has 2 aliphatic heterocycles. The second-order valence-corrected chi connectivity index (χ2v) is 10.3. The molecule has 0 radical (unpaired) electrons. The van der Waals surface area contributed by atoms with Crippen LogP contribution in [-0.4, -0.2) is 80.1 Å². The van der Waals surface area contributed by atoms with Crippen molar-refractivity contribution in [1.82, 2.24) is 40.4 Å². The molecule has 14 nitrogen and oxygen atoms in total. The van der Waals surface area contributed by atoms with Crippen LogP contribution in [-0.2, 0) is 27.4 Å². The van der Waals surface area contributed by atoms with Gasteiger partial charge in [0.05, 0.1) is 24.5 Å². The molecular formula is C29H30N8O6. The third kappa shape index (κ3) is 6.03. The number of ether oxygens (including phenoxy) is 4. The van der Waals surface area contributed by atoms with E-state index in [4.69, 9.17) is 28.6 Å². The average Bonchev–Trinajstić information content (AvgIpc) is 3.71. The third-order valence-electron chi connectivity index (χ3n) is 7.28. The zero-order valence-electron chi connectivity index (χ0n) is 23.3. The lowest BCUT2D eigenvalue weighted by Gasteiger charge is -2.26. The van der Waals surface area contributed by atoms with Gasteiger partial charge in [0.2, 0.25) is 11.7 Å². The van der Waals surface area contributed by atoms with Crippen molar-refractivity contribution >= 4 is 22.3 Å². The Labute approximate surface area is 245 Å². The molecule has 1 amide bonds. The molecule has 5 aromatic rings. The second-order valence-electron chi connectivity index (χ2n) is 10.3. The van der Waals surface area contributed by atoms with Crippen molar-refractivity contribution in [3.63, 3.8) is 0 Å². The van der Waals surface area contributed by atoms with E-state index in [0.29, 0.717) is 73.0 Å². The Bertz CT molecular complexity index is 1710. The number of rotatable bonds is 9. The molecule has 0 aliphatic carbocycles. The van der Waals surface area contributed by atoms with Crippen LogP contribution in [0.1, 0.15) is 41.1 Å². The number of aromatic nitrogens is 6. The predicted octanol–water partition coefficient (Wildman–Crippen LogP) is 2.93. The van der Waals surface area contributed by atoms with Gasteiger partial charge in [-0.1, -0.05) is 23.4 Å². The molecule has 1 aromatic carbocycles. The van der Waals surface area contributed by atoms with Gasteiger partial charge in [0.1, 0.15) is 13.2 Å². The molecule has 6 heterocycles. The summed E-state index contributed by atoms with van der Waals surface area (Å²) in [5.41, 5.74) is 5.01. The molecule has 7 rings (SSSR count). The predicted molar refractivity (Wildman–Crippen MR) is 151 cm³/mol. The number of hydrogen-bond donors (Lipinski definition) is 1. The summed E-state index contributed by atoms with van der Waals surface area (Å²) in [6, 6.07) is 12.9. The van der Waals surface area contributed by atoms with Gasteiger partial charge in [-0.15, -0.1) is 15.3 Å². The molecule has 4 aromatic heterocycles. The first-order valence-corrected chi connectivity index (χ1v) is 14.3. The van der Waals surface area contributed by atoms with Gasteiger partial charge in [-0.3, -0.25) is 15.2 Å². The van der Waals surface area contributed by atoms with Gasteiger partial charge >= 0.3 is 0 Å². The summed E-state index contributed by atoms with van der Waals surface area (Å²) in [5, 5.41) is 21.1. The van der Waals surface area contributed by atoms with Crippen molar-refractivity contribution in [2.24, 2.45) is 0 Å². The van der Waals surface area contributed by atoms with Crippen LogP contribution in [0.2, 0.25) is 0 Å². The number of fused-ring (bicyclic) bond motifs is 3. The number of carbonyl (C=O) groups excluding carboxylic acids is 1. The van der Waals surface area contributed by atoms with Gasteiger partial charge in [-0.2, -0.15) is 4.52 Å². The number of nitrogens with one attached hydrogen (secondary N) is 1. The highest BCUT2D eigenvalue weighted by Gasteiger charge is 2.21. The maximum Gasteiger partial charge on any atom is 0.267 e. The summed E-state index contributed by atoms with van der Waals surface area (Å²) < 4.78 is 30.0. The van der Waals surface area contributed by atoms with Crippen LogP contribution in [0.5, 0.6) is 5.88 Å². The van der Waals surface area contributed by atoms with Gasteiger partial charge in [-0.05, 0) is 37.5 Å². The van der Waals surface area contributed by atoms with Crippen LogP contribution < -0.4 is 10.2 Å². The first-order chi connectivity index (χ1) is 21.2. The molecule has 0 saturated carbocycles. The molecule has 1 unspecified atom stereocenters. The van der Waals surface area contributed by atoms with E-state index < -0.39 is 0 Å². The summed E-state index contributed by atoms with van der Waals surface area (Å²) in [6.07, 6.45) is 4.29. The Hall–Kier alpha value is -4.50. The quantitative estimate of drug-likeness (QED) is 0.270. The molecule has 2 saturated heterocycles. The highest BCUT2D eigenvalue weighted by Crippen LogP contribution is 2.29. The summed E-state index contributed by atoms with van der Waals surface area (Å²) in [5.74, 6) is 1.11. The maximum absolute atomic E-state index is 12.6. The Morgan fingerprint density at radius 3 is 2.72 bits per heavy atom. The summed E-state index contributed by atoms with van der Waals surface area (Å²) >= 11 is 0. The standard InChI is InChI=1S/C29H30N8O6/c38-28(33-36-10-13-39-14-11-36)19-8-9-20(30-16-19)17-42-29-23-6-2-1-5-22(23)26-31-32-27(37(26)34-29)24-15-21(43-35-24)18-41-25-7-3-4-12-40-25/h1-2,5-6,8-9,15-16,25H,3-4,7,10-14,17-18H2,(H,33,38). The number of carbonyl (C=O) groups is 1. The topological polar surface area (TPSA) is 151 Å². The third-order valence-corrected chi connectivity index (χ3v) is 7.28. The Morgan fingerprint density at radius 1 is 1.02 bits per heavy atom. The van der Waals surface area contributed by atoms with E-state index in [1.165, 1.54) is 6.20 Å². The Kier molecular flexibility index (Phi) is 7.88. The van der Waals surface area contributed by atoms with Crippen LogP contribution in [0.3, 0.4) is 0 Å². The SMILES string of the molecule is O=C(NN1CCOCC1)c1ccc(COc2nn3c(-c4cc(COC5CCCCO5)on4)nnc3c3ccccc23)nc1. The average molecular weight is 587 g/mol. The van der Waals surface area contributed by atoms with Gasteiger partial charge in [0, 0.05) is 42.7 Å². The Balaban J connectivity index is 1.08. The van der Waals surface area contributed by atoms with E-state index in [1.54, 1.807) is 22.7 Å². The normalized spacial score (nSPS) is 17.8. The maximum atomic E-state index is 12.6. The molecule has 2 aliphatic rings. The monoisotopic (exact) mass is 586 g/mol. The number of pyridine rings is 1. The van der Waals surface area contributed by atoms with Crippen LogP contribution in [0, 0.1) is 0 Å². The van der Waals surface area contributed by atoms with Crippen molar-refractivity contribution in [2.45, 2.75) is 38.8 Å². The number of hydrogen-bond acceptors (Lipinski definition) is 12.